The summed E-state index contributed by atoms with van der Waals surface area (Å²) in [5.41, 5.74) is 1.96. The molecule has 186 valence electrons. The number of aliphatic hydroxyl groups is 1. The number of aromatic hydroxyl groups is 1. The van der Waals surface area contributed by atoms with Gasteiger partial charge in [-0.15, -0.1) is 0 Å². The summed E-state index contributed by atoms with van der Waals surface area (Å²) in [6, 6.07) is 3.96. The lowest BCUT2D eigenvalue weighted by Crippen LogP contribution is -2.78. The Bertz CT molecular complexity index is 1150. The molecule has 1 amide bonds. The number of hydrogen-bond donors (Lipinski definition) is 2. The first-order valence-corrected chi connectivity index (χ1v) is 13.9. The van der Waals surface area contributed by atoms with Crippen molar-refractivity contribution >= 4 is 5.91 Å². The monoisotopic (exact) mass is 476 g/mol. The lowest BCUT2D eigenvalue weighted by Gasteiger charge is -2.68. The van der Waals surface area contributed by atoms with E-state index >= 15 is 0 Å². The highest BCUT2D eigenvalue weighted by Gasteiger charge is 2.77. The molecule has 1 aromatic carbocycles. The SMILES string of the molecule is O=C(/C=C1\CC[C@]12CC[C@@]1(O)[C@H]3Cc4ccc(O)c5c4[C@@]1(CCN3CC1CC1)[C@H]2O5)N1CCCC1. The number of phenols is 1. The van der Waals surface area contributed by atoms with Crippen molar-refractivity contribution in [2.45, 2.75) is 87.4 Å². The maximum absolute atomic E-state index is 13.1. The quantitative estimate of drug-likeness (QED) is 0.655. The summed E-state index contributed by atoms with van der Waals surface area (Å²) in [5, 5.41) is 23.6. The lowest BCUT2D eigenvalue weighted by molar-refractivity contribution is -0.218. The minimum absolute atomic E-state index is 0.0991. The molecule has 2 N–H and O–H groups in total. The number of likely N-dealkylation sites (tertiary alicyclic amines) is 2. The largest absolute Gasteiger partial charge is 0.504 e. The van der Waals surface area contributed by atoms with Gasteiger partial charge in [0.1, 0.15) is 6.10 Å². The summed E-state index contributed by atoms with van der Waals surface area (Å²) >= 11 is 0. The van der Waals surface area contributed by atoms with Crippen LogP contribution in [0.25, 0.3) is 0 Å². The summed E-state index contributed by atoms with van der Waals surface area (Å²) in [6.45, 7) is 3.79. The molecule has 0 radical (unpaired) electrons. The Kier molecular flexibility index (Phi) is 4.11. The Morgan fingerprint density at radius 1 is 1.11 bits per heavy atom. The molecule has 3 heterocycles. The van der Waals surface area contributed by atoms with Gasteiger partial charge in [0.2, 0.25) is 5.91 Å². The van der Waals surface area contributed by atoms with Crippen molar-refractivity contribution in [2.24, 2.45) is 11.3 Å². The van der Waals surface area contributed by atoms with E-state index in [9.17, 15) is 15.0 Å². The Labute approximate surface area is 206 Å². The van der Waals surface area contributed by atoms with E-state index in [2.05, 4.69) is 11.0 Å². The number of phenolic OH excluding ortho intramolecular Hbond substituents is 1. The first-order chi connectivity index (χ1) is 17.0. The fraction of sp³-hybridized carbons (Fsp3) is 0.690. The molecule has 5 atom stereocenters. The molecule has 8 rings (SSSR count). The number of benzene rings is 1. The third-order valence-corrected chi connectivity index (χ3v) is 11.2. The highest BCUT2D eigenvalue weighted by molar-refractivity contribution is 5.89. The molecule has 2 saturated heterocycles. The average Bonchev–Trinajstić information content (AvgIpc) is 3.33. The van der Waals surface area contributed by atoms with Gasteiger partial charge >= 0.3 is 0 Å². The predicted octanol–water partition coefficient (Wildman–Crippen LogP) is 3.29. The summed E-state index contributed by atoms with van der Waals surface area (Å²) in [6.07, 6.45) is 11.7. The lowest BCUT2D eigenvalue weighted by atomic mass is 9.40. The molecule has 3 saturated carbocycles. The van der Waals surface area contributed by atoms with Gasteiger partial charge in [0.05, 0.1) is 11.0 Å². The van der Waals surface area contributed by atoms with Crippen molar-refractivity contribution in [3.8, 4) is 11.5 Å². The Balaban J connectivity index is 1.25. The number of nitrogens with zero attached hydrogens (tertiary/aromatic N) is 2. The molecule has 2 spiro atoms. The van der Waals surface area contributed by atoms with Crippen molar-refractivity contribution in [1.82, 2.24) is 9.80 Å². The molecular formula is C29H36N2O4. The topological polar surface area (TPSA) is 73.2 Å². The first kappa shape index (κ1) is 21.1. The van der Waals surface area contributed by atoms with Gasteiger partial charge in [0.15, 0.2) is 11.5 Å². The van der Waals surface area contributed by atoms with Crippen LogP contribution in [0.5, 0.6) is 11.5 Å². The van der Waals surface area contributed by atoms with Crippen LogP contribution in [0, 0.1) is 11.3 Å². The summed E-state index contributed by atoms with van der Waals surface area (Å²) in [5.74, 6) is 1.74. The number of fused-ring (bicyclic) bond motifs is 1. The van der Waals surface area contributed by atoms with Crippen LogP contribution >= 0.6 is 0 Å². The van der Waals surface area contributed by atoms with Gasteiger partial charge in [-0.25, -0.2) is 0 Å². The molecule has 6 heteroatoms. The third kappa shape index (κ3) is 2.51. The van der Waals surface area contributed by atoms with E-state index < -0.39 is 11.0 Å². The molecule has 4 aliphatic carbocycles. The molecule has 0 aromatic heterocycles. The normalized spacial score (nSPS) is 42.2. The van der Waals surface area contributed by atoms with Crippen molar-refractivity contribution in [1.29, 1.82) is 0 Å². The highest BCUT2D eigenvalue weighted by atomic mass is 16.5. The van der Waals surface area contributed by atoms with Gasteiger partial charge in [0.25, 0.3) is 0 Å². The van der Waals surface area contributed by atoms with E-state index in [0.717, 1.165) is 89.0 Å². The molecule has 35 heavy (non-hydrogen) atoms. The van der Waals surface area contributed by atoms with E-state index in [1.807, 2.05) is 11.0 Å². The molecule has 6 nitrogen and oxygen atoms in total. The molecule has 0 unspecified atom stereocenters. The van der Waals surface area contributed by atoms with Gasteiger partial charge in [0, 0.05) is 42.7 Å². The van der Waals surface area contributed by atoms with Gasteiger partial charge < -0.3 is 19.8 Å². The number of ether oxygens (including phenoxy) is 1. The summed E-state index contributed by atoms with van der Waals surface area (Å²) in [7, 11) is 0. The molecule has 2 bridgehead atoms. The van der Waals surface area contributed by atoms with E-state index in [4.69, 9.17) is 4.74 Å². The Morgan fingerprint density at radius 2 is 1.94 bits per heavy atom. The van der Waals surface area contributed by atoms with Crippen LogP contribution < -0.4 is 4.74 Å². The Hall–Kier alpha value is -2.05. The molecular weight excluding hydrogens is 440 g/mol. The van der Waals surface area contributed by atoms with Crippen molar-refractivity contribution in [3.05, 3.63) is 34.9 Å². The van der Waals surface area contributed by atoms with Crippen LogP contribution in [0.3, 0.4) is 0 Å². The second kappa shape index (κ2) is 6.83. The van der Waals surface area contributed by atoms with Gasteiger partial charge in [-0.2, -0.15) is 0 Å². The number of rotatable bonds is 3. The number of carbonyl (C=O) groups excluding carboxylic acids is 1. The molecule has 7 aliphatic rings. The number of carbonyl (C=O) groups is 1. The minimum atomic E-state index is -0.859. The third-order valence-electron chi connectivity index (χ3n) is 11.2. The second-order valence-corrected chi connectivity index (χ2v) is 12.6. The van der Waals surface area contributed by atoms with E-state index in [1.165, 1.54) is 24.0 Å². The summed E-state index contributed by atoms with van der Waals surface area (Å²) < 4.78 is 6.80. The van der Waals surface area contributed by atoms with Crippen LogP contribution in [0.15, 0.2) is 23.8 Å². The average molecular weight is 477 g/mol. The highest BCUT2D eigenvalue weighted by Crippen LogP contribution is 2.72. The second-order valence-electron chi connectivity index (χ2n) is 12.6. The van der Waals surface area contributed by atoms with Gasteiger partial charge in [-0.3, -0.25) is 9.69 Å². The van der Waals surface area contributed by atoms with Crippen LogP contribution in [-0.4, -0.2) is 69.8 Å². The van der Waals surface area contributed by atoms with Crippen LogP contribution in [0.1, 0.15) is 68.9 Å². The maximum Gasteiger partial charge on any atom is 0.246 e. The van der Waals surface area contributed by atoms with E-state index in [1.54, 1.807) is 6.07 Å². The predicted molar refractivity (Wildman–Crippen MR) is 130 cm³/mol. The van der Waals surface area contributed by atoms with E-state index in [-0.39, 0.29) is 29.2 Å². The zero-order valence-electron chi connectivity index (χ0n) is 20.5. The van der Waals surface area contributed by atoms with Crippen LogP contribution in [0.2, 0.25) is 0 Å². The summed E-state index contributed by atoms with van der Waals surface area (Å²) in [4.78, 5) is 17.7. The van der Waals surface area contributed by atoms with Crippen molar-refractivity contribution in [3.63, 3.8) is 0 Å². The van der Waals surface area contributed by atoms with E-state index in [0.29, 0.717) is 5.75 Å². The standard InChI is InChI=1S/C29H36N2O4/c32-21-6-5-19-15-22-29(34)10-9-27(8-7-20(27)16-23(33)30-12-1-2-13-30)26-28(29,24(19)25(21)35-26)11-14-31(22)17-18-3-4-18/h5-6,16,18,22,26,32,34H,1-4,7-15,17H2/b20-16+/t22-,26+,27+,28+,29-/m1/s1. The fourth-order valence-electron chi connectivity index (χ4n) is 9.18. The minimum Gasteiger partial charge on any atom is -0.504 e. The number of hydrogen-bond acceptors (Lipinski definition) is 5. The molecule has 1 aromatic rings. The van der Waals surface area contributed by atoms with Crippen molar-refractivity contribution < 1.29 is 19.7 Å². The number of piperidine rings is 1. The fourth-order valence-corrected chi connectivity index (χ4v) is 9.18. The first-order valence-electron chi connectivity index (χ1n) is 13.9. The smallest absolute Gasteiger partial charge is 0.246 e. The molecule has 5 fully saturated rings. The molecule has 3 aliphatic heterocycles. The zero-order chi connectivity index (χ0) is 23.6. The van der Waals surface area contributed by atoms with Crippen molar-refractivity contribution in [2.75, 3.05) is 26.2 Å². The van der Waals surface area contributed by atoms with Crippen LogP contribution in [0.4, 0.5) is 0 Å². The maximum atomic E-state index is 13.1. The number of amides is 1. The zero-order valence-corrected chi connectivity index (χ0v) is 20.5. The van der Waals surface area contributed by atoms with Crippen LogP contribution in [-0.2, 0) is 16.6 Å². The van der Waals surface area contributed by atoms with Gasteiger partial charge in [-0.1, -0.05) is 11.6 Å². The Morgan fingerprint density at radius 3 is 2.69 bits per heavy atom. The van der Waals surface area contributed by atoms with Gasteiger partial charge in [-0.05, 0) is 88.3 Å².